The smallest absolute Gasteiger partial charge is 0.293 e. The van der Waals surface area contributed by atoms with Gasteiger partial charge in [-0.15, -0.1) is 0 Å². The predicted octanol–water partition coefficient (Wildman–Crippen LogP) is 10.0. The SMILES string of the molecule is CC1(C)CCC(CN2CCN(c3ccc(C(=O)NS(=O)(=O)c4ccc(NCC5CCC(NCCCCOc6cccc7c6CN(C6CCC(=O)NC6=O)C7=O)CC5)c([N+](=O)[O-])c4)c(Oc4cnc5[nH]ccc5c4)c3)CC2)=C(c2ccc(Cl)cc2)C1. The molecule has 1 atom stereocenters. The van der Waals surface area contributed by atoms with E-state index in [0.29, 0.717) is 61.4 Å². The number of ether oxygens (including phenoxy) is 2. The van der Waals surface area contributed by atoms with Crippen molar-refractivity contribution in [3.05, 3.63) is 146 Å². The van der Waals surface area contributed by atoms with E-state index in [1.165, 1.54) is 39.9 Å². The summed E-state index contributed by atoms with van der Waals surface area (Å²) in [5, 5.41) is 23.2. The number of piperidine rings is 1. The van der Waals surface area contributed by atoms with Gasteiger partial charge in [0, 0.05) is 97.3 Å². The normalized spacial score (nSPS) is 20.1. The Morgan fingerprint density at radius 1 is 0.906 bits per heavy atom. The van der Waals surface area contributed by atoms with E-state index < -0.39 is 43.4 Å². The molecule has 3 fully saturated rings. The van der Waals surface area contributed by atoms with Crippen molar-refractivity contribution in [3.8, 4) is 17.2 Å². The van der Waals surface area contributed by atoms with Crippen molar-refractivity contribution in [1.82, 2.24) is 35.1 Å². The van der Waals surface area contributed by atoms with Gasteiger partial charge in [0.1, 0.15) is 34.6 Å². The molecule has 5 heterocycles. The van der Waals surface area contributed by atoms with Gasteiger partial charge in [-0.3, -0.25) is 39.5 Å². The Balaban J connectivity index is 0.669. The summed E-state index contributed by atoms with van der Waals surface area (Å²) in [5.74, 6) is -0.689. The van der Waals surface area contributed by atoms with Crippen LogP contribution >= 0.6 is 11.6 Å². The van der Waals surface area contributed by atoms with Crippen LogP contribution in [-0.4, -0.2) is 121 Å². The largest absolute Gasteiger partial charge is 0.493 e. The van der Waals surface area contributed by atoms with Crippen molar-refractivity contribution >= 4 is 78.9 Å². The first kappa shape index (κ1) is 58.9. The molecule has 4 amide bonds. The number of anilines is 2. The zero-order valence-electron chi connectivity index (χ0n) is 47.8. The minimum atomic E-state index is -4.63. The number of nitrogens with one attached hydrogen (secondary N) is 5. The van der Waals surface area contributed by atoms with Crippen LogP contribution in [-0.2, 0) is 26.2 Å². The van der Waals surface area contributed by atoms with Gasteiger partial charge in [-0.25, -0.2) is 18.1 Å². The van der Waals surface area contributed by atoms with Crippen molar-refractivity contribution in [2.24, 2.45) is 11.3 Å². The molecule has 0 bridgehead atoms. The topological polar surface area (TPSA) is 251 Å². The van der Waals surface area contributed by atoms with Crippen molar-refractivity contribution in [1.29, 1.82) is 0 Å². The van der Waals surface area contributed by atoms with Crippen molar-refractivity contribution in [2.45, 2.75) is 108 Å². The molecular weight excluding hydrogens is 1120 g/mol. The molecule has 0 radical (unpaired) electrons. The highest BCUT2D eigenvalue weighted by atomic mass is 35.5. The summed E-state index contributed by atoms with van der Waals surface area (Å²) in [6.45, 7) is 10.5. The number of allylic oxidation sites excluding steroid dienone is 1. The molecule has 3 aliphatic heterocycles. The molecule has 2 aromatic heterocycles. The van der Waals surface area contributed by atoms with Crippen LogP contribution in [0, 0.1) is 21.4 Å². The molecule has 2 saturated heterocycles. The predicted molar refractivity (Wildman–Crippen MR) is 324 cm³/mol. The minimum absolute atomic E-state index is 0.0554. The van der Waals surface area contributed by atoms with Crippen LogP contribution in [0.4, 0.5) is 17.1 Å². The molecule has 20 nitrogen and oxygen atoms in total. The number of imide groups is 1. The van der Waals surface area contributed by atoms with E-state index in [4.69, 9.17) is 21.1 Å². The van der Waals surface area contributed by atoms with Crippen LogP contribution in [0.5, 0.6) is 17.2 Å². The molecule has 2 aliphatic carbocycles. The molecule has 6 aromatic rings. The number of hydrogen-bond acceptors (Lipinski definition) is 15. The Hall–Kier alpha value is -7.85. The lowest BCUT2D eigenvalue weighted by Gasteiger charge is -2.39. The number of nitro benzene ring substituents is 1. The van der Waals surface area contributed by atoms with E-state index in [0.717, 1.165) is 112 Å². The zero-order chi connectivity index (χ0) is 59.4. The van der Waals surface area contributed by atoms with Crippen LogP contribution in [0.25, 0.3) is 16.6 Å². The molecule has 1 saturated carbocycles. The number of fused-ring (bicyclic) bond motifs is 2. The molecule has 446 valence electrons. The maximum atomic E-state index is 14.2. The molecule has 85 heavy (non-hydrogen) atoms. The molecular formula is C63H71ClN10O10S. The lowest BCUT2D eigenvalue weighted by atomic mass is 9.72. The highest BCUT2D eigenvalue weighted by molar-refractivity contribution is 7.90. The minimum Gasteiger partial charge on any atom is -0.493 e. The summed E-state index contributed by atoms with van der Waals surface area (Å²) in [5.41, 5.74) is 6.67. The molecule has 4 aromatic carbocycles. The average molecular weight is 1200 g/mol. The van der Waals surface area contributed by atoms with Gasteiger partial charge in [-0.2, -0.15) is 0 Å². The number of carbonyl (C=O) groups is 4. The number of piperazine rings is 1. The Kier molecular flexibility index (Phi) is 17.6. The first-order valence-electron chi connectivity index (χ1n) is 29.3. The second-order valence-electron chi connectivity index (χ2n) is 23.7. The number of unbranched alkanes of at least 4 members (excludes halogenated alkanes) is 1. The summed E-state index contributed by atoms with van der Waals surface area (Å²) in [7, 11) is -4.63. The first-order chi connectivity index (χ1) is 40.9. The zero-order valence-corrected chi connectivity index (χ0v) is 49.4. The van der Waals surface area contributed by atoms with Crippen LogP contribution in [0.1, 0.15) is 116 Å². The van der Waals surface area contributed by atoms with Crippen molar-refractivity contribution in [2.75, 3.05) is 62.6 Å². The van der Waals surface area contributed by atoms with E-state index in [1.54, 1.807) is 42.6 Å². The van der Waals surface area contributed by atoms with Gasteiger partial charge >= 0.3 is 0 Å². The molecule has 11 rings (SSSR count). The molecule has 0 spiro atoms. The molecule has 22 heteroatoms. The average Bonchev–Trinajstić information content (AvgIpc) is 2.99. The summed E-state index contributed by atoms with van der Waals surface area (Å²) >= 11 is 6.27. The molecule has 5 N–H and O–H groups in total. The lowest BCUT2D eigenvalue weighted by Crippen LogP contribution is -2.52. The number of nitro groups is 1. The summed E-state index contributed by atoms with van der Waals surface area (Å²) < 4.78 is 42.6. The van der Waals surface area contributed by atoms with Gasteiger partial charge in [0.15, 0.2) is 0 Å². The second kappa shape index (κ2) is 25.4. The number of halogens is 1. The third-order valence-corrected chi connectivity index (χ3v) is 18.9. The number of H-pyrrole nitrogens is 1. The molecule has 5 aliphatic rings. The standard InChI is InChI=1S/C63H71ClN10O10S/c1-63(2)24-22-43(51(35-63)41-10-12-44(64)13-11-41)38-71-27-29-72(30-28-71)46-16-18-50(57(33-46)84-47-32-42-23-26-66-59(42)68-37-47)60(76)70-85(81,82)48-17-19-53(55(34-48)74(79)80)67-36-40-8-14-45(15-9-40)65-25-3-4-31-83-56-7-5-6-49-52(56)39-73(62(49)78)54-20-21-58(75)69-61(54)77/h5-7,10-13,16-19,23,26,32-34,37,40,45,54,65,67H,3-4,8-9,14-15,20-22,24-25,27-31,35-36,38-39H2,1-2H3,(H,66,68)(H,70,76)(H,69,75,77). The van der Waals surface area contributed by atoms with E-state index in [2.05, 4.69) is 66.4 Å². The maximum absolute atomic E-state index is 14.2. The van der Waals surface area contributed by atoms with E-state index in [1.807, 2.05) is 24.3 Å². The van der Waals surface area contributed by atoms with Crippen molar-refractivity contribution in [3.63, 3.8) is 0 Å². The number of aromatic nitrogens is 2. The Morgan fingerprint density at radius 3 is 2.48 bits per heavy atom. The third-order valence-electron chi connectivity index (χ3n) is 17.3. The Morgan fingerprint density at radius 2 is 1.71 bits per heavy atom. The number of amides is 4. The first-order valence-corrected chi connectivity index (χ1v) is 31.2. The van der Waals surface area contributed by atoms with E-state index >= 15 is 0 Å². The maximum Gasteiger partial charge on any atom is 0.293 e. The third kappa shape index (κ3) is 13.8. The molecule has 1 unspecified atom stereocenters. The number of pyridine rings is 1. The fourth-order valence-electron chi connectivity index (χ4n) is 12.4. The highest BCUT2D eigenvalue weighted by Crippen LogP contribution is 2.44. The van der Waals surface area contributed by atoms with Crippen molar-refractivity contribution < 1.29 is 42.0 Å². The second-order valence-corrected chi connectivity index (χ2v) is 25.8. The van der Waals surface area contributed by atoms with E-state index in [-0.39, 0.29) is 53.1 Å². The van der Waals surface area contributed by atoms with E-state index in [9.17, 15) is 37.7 Å². The summed E-state index contributed by atoms with van der Waals surface area (Å²) in [6.07, 6.45) is 12.2. The monoisotopic (exact) mass is 1190 g/mol. The summed E-state index contributed by atoms with van der Waals surface area (Å²) in [6, 6.07) is 25.4. The fraction of sp³-hybridized carbons (Fsp3) is 0.413. The van der Waals surface area contributed by atoms with Crippen LogP contribution < -0.4 is 35.0 Å². The number of carbonyl (C=O) groups excluding carboxylic acids is 4. The number of rotatable bonds is 21. The Bertz CT molecular complexity index is 3670. The van der Waals surface area contributed by atoms with Gasteiger partial charge < -0.3 is 34.9 Å². The van der Waals surface area contributed by atoms with Crippen LogP contribution in [0.15, 0.2) is 114 Å². The highest BCUT2D eigenvalue weighted by Gasteiger charge is 2.40. The van der Waals surface area contributed by atoms with Crippen LogP contribution in [0.3, 0.4) is 0 Å². The van der Waals surface area contributed by atoms with Crippen LogP contribution in [0.2, 0.25) is 5.02 Å². The van der Waals surface area contributed by atoms with Gasteiger partial charge in [0.05, 0.1) is 34.7 Å². The quantitative estimate of drug-likeness (QED) is 0.0195. The number of hydrogen-bond donors (Lipinski definition) is 5. The number of benzene rings is 4. The lowest BCUT2D eigenvalue weighted by molar-refractivity contribution is -0.384. The number of aromatic amines is 1. The number of sulfonamides is 1. The Labute approximate surface area is 499 Å². The van der Waals surface area contributed by atoms with Gasteiger partial charge in [0.2, 0.25) is 11.8 Å². The van der Waals surface area contributed by atoms with Gasteiger partial charge in [-0.1, -0.05) is 49.2 Å². The van der Waals surface area contributed by atoms with Gasteiger partial charge in [-0.05, 0) is 154 Å². The summed E-state index contributed by atoms with van der Waals surface area (Å²) in [4.78, 5) is 76.6. The van der Waals surface area contributed by atoms with Gasteiger partial charge in [0.25, 0.3) is 27.5 Å². The fourth-order valence-corrected chi connectivity index (χ4v) is 13.5. The number of nitrogens with zero attached hydrogens (tertiary/aromatic N) is 5.